The summed E-state index contributed by atoms with van der Waals surface area (Å²) >= 11 is 1.28. The van der Waals surface area contributed by atoms with Crippen LogP contribution in [0.3, 0.4) is 0 Å². The van der Waals surface area contributed by atoms with Crippen LogP contribution >= 0.6 is 11.3 Å². The Morgan fingerprint density at radius 3 is 2.45 bits per heavy atom. The minimum Gasteiger partial charge on any atom is -0.497 e. The molecule has 1 aromatic heterocycles. The van der Waals surface area contributed by atoms with Crippen molar-refractivity contribution in [2.45, 2.75) is 6.92 Å². The summed E-state index contributed by atoms with van der Waals surface area (Å²) in [6, 6.07) is 12.6. The highest BCUT2D eigenvalue weighted by Crippen LogP contribution is 2.26. The molecule has 3 aromatic rings. The molecule has 172 valence electrons. The van der Waals surface area contributed by atoms with Crippen LogP contribution in [0.4, 0.5) is 5.69 Å². The van der Waals surface area contributed by atoms with E-state index in [9.17, 15) is 14.4 Å². The van der Waals surface area contributed by atoms with Crippen molar-refractivity contribution in [1.29, 1.82) is 0 Å². The van der Waals surface area contributed by atoms with Gasteiger partial charge in [0.1, 0.15) is 16.5 Å². The van der Waals surface area contributed by atoms with Crippen molar-refractivity contribution in [3.05, 3.63) is 59.1 Å². The van der Waals surface area contributed by atoms with Crippen LogP contribution in [0.15, 0.2) is 47.8 Å². The Labute approximate surface area is 194 Å². The highest BCUT2D eigenvalue weighted by Gasteiger charge is 2.16. The van der Waals surface area contributed by atoms with Crippen molar-refractivity contribution in [3.63, 3.8) is 0 Å². The van der Waals surface area contributed by atoms with Crippen LogP contribution in [-0.4, -0.2) is 50.1 Å². The van der Waals surface area contributed by atoms with Gasteiger partial charge in [-0.05, 0) is 48.9 Å². The molecule has 10 heteroatoms. The van der Waals surface area contributed by atoms with Gasteiger partial charge in [0, 0.05) is 10.9 Å². The van der Waals surface area contributed by atoms with Gasteiger partial charge in [-0.3, -0.25) is 9.59 Å². The van der Waals surface area contributed by atoms with Crippen LogP contribution in [0.1, 0.15) is 16.1 Å². The Hall–Kier alpha value is -3.92. The lowest BCUT2D eigenvalue weighted by Crippen LogP contribution is -2.35. The van der Waals surface area contributed by atoms with Crippen LogP contribution in [0.5, 0.6) is 11.5 Å². The Morgan fingerprint density at radius 2 is 1.76 bits per heavy atom. The molecule has 33 heavy (non-hydrogen) atoms. The van der Waals surface area contributed by atoms with Crippen LogP contribution in [-0.2, 0) is 14.3 Å². The van der Waals surface area contributed by atoms with E-state index in [1.165, 1.54) is 18.4 Å². The maximum Gasteiger partial charge on any atom is 0.358 e. The van der Waals surface area contributed by atoms with Crippen molar-refractivity contribution < 1.29 is 28.6 Å². The summed E-state index contributed by atoms with van der Waals surface area (Å²) in [5.74, 6) is -0.559. The number of aryl methyl sites for hydroxylation is 1. The Morgan fingerprint density at radius 1 is 1.00 bits per heavy atom. The monoisotopic (exact) mass is 469 g/mol. The second-order valence-electron chi connectivity index (χ2n) is 6.87. The lowest BCUT2D eigenvalue weighted by atomic mass is 10.2. The maximum absolute atomic E-state index is 12.2. The normalized spacial score (nSPS) is 10.3. The second-order valence-corrected chi connectivity index (χ2v) is 7.73. The number of anilines is 1. The minimum absolute atomic E-state index is 0.0999. The number of aromatic nitrogens is 1. The number of rotatable bonds is 9. The number of nitrogens with zero attached hydrogens (tertiary/aromatic N) is 1. The van der Waals surface area contributed by atoms with E-state index in [0.717, 1.165) is 11.1 Å². The number of amides is 2. The predicted octanol–water partition coefficient (Wildman–Crippen LogP) is 3.05. The molecule has 0 unspecified atom stereocenters. The molecule has 1 heterocycles. The molecule has 0 bridgehead atoms. The van der Waals surface area contributed by atoms with Gasteiger partial charge in [-0.2, -0.15) is 0 Å². The van der Waals surface area contributed by atoms with E-state index >= 15 is 0 Å². The number of nitrogens with one attached hydrogen (secondary N) is 2. The van der Waals surface area contributed by atoms with Crippen molar-refractivity contribution >= 4 is 34.8 Å². The zero-order valence-corrected chi connectivity index (χ0v) is 19.2. The first-order chi connectivity index (χ1) is 15.9. The molecule has 0 aliphatic heterocycles. The molecular weight excluding hydrogens is 446 g/mol. The van der Waals surface area contributed by atoms with Gasteiger partial charge in [0.25, 0.3) is 5.91 Å². The molecule has 9 nitrogen and oxygen atoms in total. The minimum atomic E-state index is -0.727. The highest BCUT2D eigenvalue weighted by atomic mass is 32.1. The average molecular weight is 470 g/mol. The van der Waals surface area contributed by atoms with E-state index in [4.69, 9.17) is 14.2 Å². The van der Waals surface area contributed by atoms with Gasteiger partial charge in [-0.15, -0.1) is 11.3 Å². The first kappa shape index (κ1) is 23.7. The van der Waals surface area contributed by atoms with Crippen molar-refractivity contribution in [3.8, 4) is 22.1 Å². The van der Waals surface area contributed by atoms with E-state index < -0.39 is 24.4 Å². The first-order valence-corrected chi connectivity index (χ1v) is 10.8. The zero-order valence-electron chi connectivity index (χ0n) is 18.3. The smallest absolute Gasteiger partial charge is 0.358 e. The number of ether oxygens (including phenoxy) is 3. The van der Waals surface area contributed by atoms with Gasteiger partial charge in [0.2, 0.25) is 5.91 Å². The molecule has 0 fully saturated rings. The van der Waals surface area contributed by atoms with Gasteiger partial charge < -0.3 is 24.8 Å². The van der Waals surface area contributed by atoms with Crippen LogP contribution in [0.25, 0.3) is 10.6 Å². The molecule has 0 spiro atoms. The number of esters is 1. The first-order valence-electron chi connectivity index (χ1n) is 9.88. The fourth-order valence-electron chi connectivity index (χ4n) is 2.78. The van der Waals surface area contributed by atoms with Crippen molar-refractivity contribution in [2.75, 3.05) is 32.7 Å². The largest absolute Gasteiger partial charge is 0.497 e. The quantitative estimate of drug-likeness (QED) is 0.463. The summed E-state index contributed by atoms with van der Waals surface area (Å²) in [4.78, 5) is 40.6. The molecule has 2 amide bonds. The lowest BCUT2D eigenvalue weighted by molar-refractivity contribution is -0.126. The molecule has 0 aliphatic rings. The number of thiazole rings is 1. The van der Waals surface area contributed by atoms with E-state index in [0.29, 0.717) is 22.2 Å². The predicted molar refractivity (Wildman–Crippen MR) is 124 cm³/mol. The molecule has 3 rings (SSSR count). The molecule has 2 N–H and O–H groups in total. The van der Waals surface area contributed by atoms with Crippen LogP contribution < -0.4 is 20.1 Å². The molecular formula is C23H23N3O6S. The summed E-state index contributed by atoms with van der Waals surface area (Å²) in [7, 11) is 3.08. The van der Waals surface area contributed by atoms with Crippen LogP contribution in [0, 0.1) is 6.92 Å². The van der Waals surface area contributed by atoms with Crippen LogP contribution in [0.2, 0.25) is 0 Å². The van der Waals surface area contributed by atoms with Gasteiger partial charge in [0.15, 0.2) is 12.3 Å². The fraction of sp³-hybridized carbons (Fsp3) is 0.217. The highest BCUT2D eigenvalue weighted by molar-refractivity contribution is 7.13. The number of methoxy groups -OCH3 is 2. The van der Waals surface area contributed by atoms with Gasteiger partial charge in [-0.1, -0.05) is 6.07 Å². The van der Waals surface area contributed by atoms with E-state index in [1.54, 1.807) is 36.8 Å². The van der Waals surface area contributed by atoms with Gasteiger partial charge >= 0.3 is 5.97 Å². The molecule has 0 saturated heterocycles. The Bertz CT molecular complexity index is 1140. The SMILES string of the molecule is COc1ccc(-c2nc(C(=O)OCC(=O)NCC(=O)Nc3cc(C)ccc3OC)cs2)cc1. The van der Waals surface area contributed by atoms with E-state index in [2.05, 4.69) is 15.6 Å². The number of hydrogen-bond donors (Lipinski definition) is 2. The second kappa shape index (κ2) is 11.1. The number of carbonyl (C=O) groups is 3. The van der Waals surface area contributed by atoms with Gasteiger partial charge in [-0.25, -0.2) is 9.78 Å². The summed E-state index contributed by atoms with van der Waals surface area (Å²) < 4.78 is 15.3. The standard InChI is InChI=1S/C23H23N3O6S/c1-14-4-9-19(31-3)17(10-14)25-20(27)11-24-21(28)12-32-23(29)18-13-33-22(26-18)15-5-7-16(30-2)8-6-15/h4-10,13H,11-12H2,1-3H3,(H,24,28)(H,25,27). The summed E-state index contributed by atoms with van der Waals surface area (Å²) in [6.45, 7) is 1.06. The molecule has 0 aliphatic carbocycles. The fourth-order valence-corrected chi connectivity index (χ4v) is 3.58. The maximum atomic E-state index is 12.2. The lowest BCUT2D eigenvalue weighted by Gasteiger charge is -2.11. The Kier molecular flexibility index (Phi) is 7.98. The molecule has 0 saturated carbocycles. The third-order valence-electron chi connectivity index (χ3n) is 4.46. The number of hydrogen-bond acceptors (Lipinski definition) is 8. The molecule has 0 atom stereocenters. The number of carbonyl (C=O) groups excluding carboxylic acids is 3. The Balaban J connectivity index is 1.46. The van der Waals surface area contributed by atoms with Crippen molar-refractivity contribution in [1.82, 2.24) is 10.3 Å². The average Bonchev–Trinajstić information content (AvgIpc) is 3.32. The zero-order chi connectivity index (χ0) is 23.8. The number of benzene rings is 2. The van der Waals surface area contributed by atoms with E-state index in [1.807, 2.05) is 25.1 Å². The summed E-state index contributed by atoms with van der Waals surface area (Å²) in [5, 5.41) is 7.27. The summed E-state index contributed by atoms with van der Waals surface area (Å²) in [6.07, 6.45) is 0. The molecule has 0 radical (unpaired) electrons. The third-order valence-corrected chi connectivity index (χ3v) is 5.35. The van der Waals surface area contributed by atoms with E-state index in [-0.39, 0.29) is 12.2 Å². The third kappa shape index (κ3) is 6.53. The molecule has 2 aromatic carbocycles. The van der Waals surface area contributed by atoms with Crippen molar-refractivity contribution in [2.24, 2.45) is 0 Å². The summed E-state index contributed by atoms with van der Waals surface area (Å²) in [5.41, 5.74) is 2.37. The topological polar surface area (TPSA) is 116 Å². The van der Waals surface area contributed by atoms with Gasteiger partial charge in [0.05, 0.1) is 26.5 Å².